The highest BCUT2D eigenvalue weighted by Gasteiger charge is 2.30. The highest BCUT2D eigenvalue weighted by molar-refractivity contribution is 6.18. The lowest BCUT2D eigenvalue weighted by Gasteiger charge is -2.28. The summed E-state index contributed by atoms with van der Waals surface area (Å²) in [5.74, 6) is 1.62. The molecule has 0 aromatic heterocycles. The van der Waals surface area contributed by atoms with E-state index in [9.17, 15) is 0 Å². The summed E-state index contributed by atoms with van der Waals surface area (Å²) in [5.41, 5.74) is 19.0. The van der Waals surface area contributed by atoms with Crippen LogP contribution in [0.25, 0.3) is 27.8 Å². The number of hydrogen-bond acceptors (Lipinski definition) is 4. The Kier molecular flexibility index (Phi) is 12.6. The minimum absolute atomic E-state index is 0. The van der Waals surface area contributed by atoms with Crippen molar-refractivity contribution in [2.45, 2.75) is 80.4 Å². The van der Waals surface area contributed by atoms with E-state index < -0.39 is 6.17 Å². The lowest BCUT2D eigenvalue weighted by molar-refractivity contribution is 0.741. The van der Waals surface area contributed by atoms with Crippen LogP contribution in [0.3, 0.4) is 0 Å². The van der Waals surface area contributed by atoms with Crippen LogP contribution in [0, 0.1) is 6.92 Å². The quantitative estimate of drug-likeness (QED) is 0.106. The molecule has 0 spiro atoms. The van der Waals surface area contributed by atoms with Crippen molar-refractivity contribution in [2.75, 3.05) is 0 Å². The first-order valence-electron chi connectivity index (χ1n) is 19.7. The minimum Gasteiger partial charge on any atom is -0.325 e. The second kappa shape index (κ2) is 17.8. The SMILES string of the molecule is C.C=CCC(C)=C/C=C(\C)C1=NC(/C(C(=C(C)C)c2ccccc2C)=C(\C)C=C)N=C(c2cccc3c2-c2cc(-c4ccc(C5CC=CC=N5)cc4)ccc2C3)N1. The molecule has 7 rings (SSSR count). The zero-order valence-electron chi connectivity index (χ0n) is 33.7. The molecular weight excluding hydrogens is 693 g/mol. The second-order valence-electron chi connectivity index (χ2n) is 15.3. The summed E-state index contributed by atoms with van der Waals surface area (Å²) in [6.07, 6.45) is 16.4. The van der Waals surface area contributed by atoms with Gasteiger partial charge in [-0.05, 0) is 140 Å². The van der Waals surface area contributed by atoms with Gasteiger partial charge in [0.05, 0.1) is 6.04 Å². The Hall–Kier alpha value is -6.13. The number of dihydropyridines is 1. The van der Waals surface area contributed by atoms with E-state index in [1.165, 1.54) is 61.2 Å². The number of amidine groups is 2. The van der Waals surface area contributed by atoms with Crippen LogP contribution < -0.4 is 5.32 Å². The van der Waals surface area contributed by atoms with E-state index in [-0.39, 0.29) is 13.5 Å². The van der Waals surface area contributed by atoms with E-state index in [1.54, 1.807) is 0 Å². The number of fused-ring (bicyclic) bond motifs is 3. The summed E-state index contributed by atoms with van der Waals surface area (Å²) in [7, 11) is 0. The zero-order valence-corrected chi connectivity index (χ0v) is 33.7. The highest BCUT2D eigenvalue weighted by atomic mass is 15.2. The van der Waals surface area contributed by atoms with Gasteiger partial charge in [0.15, 0.2) is 6.17 Å². The van der Waals surface area contributed by atoms with Crippen LogP contribution in [0.2, 0.25) is 0 Å². The first-order chi connectivity index (χ1) is 27.2. The maximum atomic E-state index is 5.53. The van der Waals surface area contributed by atoms with Crippen molar-refractivity contribution < 1.29 is 0 Å². The fraction of sp³-hybridized carbons (Fsp3) is 0.226. The number of nitrogens with zero attached hydrogens (tertiary/aromatic N) is 3. The largest absolute Gasteiger partial charge is 0.325 e. The van der Waals surface area contributed by atoms with Crippen molar-refractivity contribution in [1.82, 2.24) is 5.32 Å². The van der Waals surface area contributed by atoms with Gasteiger partial charge in [0, 0.05) is 17.4 Å². The maximum absolute atomic E-state index is 5.53. The smallest absolute Gasteiger partial charge is 0.170 e. The molecule has 0 saturated carbocycles. The Morgan fingerprint density at radius 3 is 2.30 bits per heavy atom. The molecular formula is C53H56N4. The van der Waals surface area contributed by atoms with Gasteiger partial charge in [0.1, 0.15) is 11.7 Å². The third-order valence-electron chi connectivity index (χ3n) is 11.0. The lowest BCUT2D eigenvalue weighted by atomic mass is 9.86. The number of aryl methyl sites for hydroxylation is 1. The third kappa shape index (κ3) is 8.51. The topological polar surface area (TPSA) is 49.1 Å². The van der Waals surface area contributed by atoms with Gasteiger partial charge in [0.25, 0.3) is 0 Å². The van der Waals surface area contributed by atoms with Gasteiger partial charge in [-0.1, -0.05) is 134 Å². The normalized spacial score (nSPS) is 17.6. The molecule has 4 heteroatoms. The molecule has 2 heterocycles. The van der Waals surface area contributed by atoms with Crippen molar-refractivity contribution in [2.24, 2.45) is 15.0 Å². The van der Waals surface area contributed by atoms with Gasteiger partial charge in [0.2, 0.25) is 0 Å². The zero-order chi connectivity index (χ0) is 39.3. The molecule has 288 valence electrons. The molecule has 1 aliphatic carbocycles. The van der Waals surface area contributed by atoms with Gasteiger partial charge in [-0.3, -0.25) is 4.99 Å². The van der Waals surface area contributed by atoms with Crippen LogP contribution in [0.15, 0.2) is 177 Å². The predicted molar refractivity (Wildman–Crippen MR) is 247 cm³/mol. The van der Waals surface area contributed by atoms with Crippen LogP contribution in [-0.2, 0) is 6.42 Å². The first-order valence-corrected chi connectivity index (χ1v) is 19.7. The fourth-order valence-electron chi connectivity index (χ4n) is 7.95. The average molecular weight is 749 g/mol. The van der Waals surface area contributed by atoms with E-state index >= 15 is 0 Å². The van der Waals surface area contributed by atoms with Gasteiger partial charge < -0.3 is 5.32 Å². The van der Waals surface area contributed by atoms with Crippen molar-refractivity contribution >= 4 is 23.5 Å². The highest BCUT2D eigenvalue weighted by Crippen LogP contribution is 2.42. The van der Waals surface area contributed by atoms with Gasteiger partial charge in [-0.15, -0.1) is 6.58 Å². The Bertz CT molecular complexity index is 2450. The summed E-state index contributed by atoms with van der Waals surface area (Å²) in [5, 5.41) is 3.73. The average Bonchev–Trinajstić information content (AvgIpc) is 3.60. The Balaban J connectivity index is 0.00000549. The van der Waals surface area contributed by atoms with Crippen LogP contribution >= 0.6 is 0 Å². The first kappa shape index (κ1) is 40.5. The molecule has 0 bridgehead atoms. The molecule has 1 N–H and O–H groups in total. The fourth-order valence-corrected chi connectivity index (χ4v) is 7.95. The Morgan fingerprint density at radius 1 is 0.825 bits per heavy atom. The third-order valence-corrected chi connectivity index (χ3v) is 11.0. The van der Waals surface area contributed by atoms with Crippen LogP contribution in [0.5, 0.6) is 0 Å². The summed E-state index contributed by atoms with van der Waals surface area (Å²) in [6.45, 7) is 21.1. The number of allylic oxidation sites excluding steroid dienone is 8. The predicted octanol–water partition coefficient (Wildman–Crippen LogP) is 13.5. The minimum atomic E-state index is -0.504. The molecule has 2 aliphatic heterocycles. The molecule has 4 aromatic rings. The van der Waals surface area contributed by atoms with E-state index in [0.29, 0.717) is 0 Å². The van der Waals surface area contributed by atoms with Crippen LogP contribution in [-0.4, -0.2) is 24.1 Å². The van der Waals surface area contributed by atoms with E-state index in [0.717, 1.165) is 58.8 Å². The molecule has 3 aliphatic rings. The lowest BCUT2D eigenvalue weighted by Crippen LogP contribution is -2.38. The van der Waals surface area contributed by atoms with Crippen molar-refractivity contribution in [3.63, 3.8) is 0 Å². The van der Waals surface area contributed by atoms with Crippen molar-refractivity contribution in [3.05, 3.63) is 196 Å². The van der Waals surface area contributed by atoms with Crippen LogP contribution in [0.4, 0.5) is 0 Å². The van der Waals surface area contributed by atoms with E-state index in [2.05, 4.69) is 168 Å². The molecule has 0 radical (unpaired) electrons. The number of benzene rings is 4. The molecule has 2 atom stereocenters. The summed E-state index contributed by atoms with van der Waals surface area (Å²) in [4.78, 5) is 15.6. The molecule has 4 aromatic carbocycles. The van der Waals surface area contributed by atoms with Crippen LogP contribution in [0.1, 0.15) is 94.3 Å². The molecule has 2 unspecified atom stereocenters. The standard InChI is InChI=1S/C52H52N4.CH4/c1-9-16-34(5)22-23-37(8)50-54-51(56-52(55-50)48(35(6)10-2)47(33(3)4)43-19-12-11-17-36(43)7)44-20-15-18-42-31-41-29-28-40(32-45(41)49(42)44)38-24-26-39(27-25-38)46-21-13-14-30-53-46;/h9-15,17-20,22-30,32,46,52H,1-2,16,21,31H2,3-8H3,(H,54,55,56);1H4/b34-22?,37-23+,48-35+;. The second-order valence-corrected chi connectivity index (χ2v) is 15.3. The maximum Gasteiger partial charge on any atom is 0.170 e. The molecule has 0 saturated heterocycles. The number of rotatable bonds is 11. The summed E-state index contributed by atoms with van der Waals surface area (Å²) in [6, 6.07) is 31.2. The van der Waals surface area contributed by atoms with Gasteiger partial charge >= 0.3 is 0 Å². The van der Waals surface area contributed by atoms with Crippen molar-refractivity contribution in [3.8, 4) is 22.3 Å². The molecule has 0 amide bonds. The summed E-state index contributed by atoms with van der Waals surface area (Å²) >= 11 is 0. The molecule has 57 heavy (non-hydrogen) atoms. The van der Waals surface area contributed by atoms with E-state index in [1.807, 2.05) is 24.4 Å². The number of aliphatic imine (C=N–C) groups is 3. The van der Waals surface area contributed by atoms with E-state index in [4.69, 9.17) is 9.98 Å². The van der Waals surface area contributed by atoms with Gasteiger partial charge in [-0.2, -0.15) is 0 Å². The number of hydrogen-bond donors (Lipinski definition) is 1. The molecule has 4 nitrogen and oxygen atoms in total. The Morgan fingerprint density at radius 2 is 1.60 bits per heavy atom. The Labute approximate surface area is 341 Å². The monoisotopic (exact) mass is 748 g/mol. The van der Waals surface area contributed by atoms with Crippen molar-refractivity contribution in [1.29, 1.82) is 0 Å². The number of nitrogens with one attached hydrogen (secondary N) is 1. The molecule has 0 fully saturated rings. The summed E-state index contributed by atoms with van der Waals surface area (Å²) < 4.78 is 0. The van der Waals surface area contributed by atoms with Gasteiger partial charge in [-0.25, -0.2) is 9.98 Å².